The first-order chi connectivity index (χ1) is 17.9. The minimum absolute atomic E-state index is 0.161. The SMILES string of the molecule is CCCCN(C1CC(C)(C)N(C)C(C)(C)C1)C1NC(C)NC(N(CCCC)C2CC(C)(C)N(C)C(C)(C)C2)N1. The lowest BCUT2D eigenvalue weighted by atomic mass is 9.76. The smallest absolute Gasteiger partial charge is 0.118 e. The van der Waals surface area contributed by atoms with E-state index in [4.69, 9.17) is 0 Å². The zero-order chi connectivity index (χ0) is 29.4. The van der Waals surface area contributed by atoms with Gasteiger partial charge in [0.2, 0.25) is 0 Å². The molecule has 3 saturated heterocycles. The summed E-state index contributed by atoms with van der Waals surface area (Å²) in [5.74, 6) is 0. The molecule has 3 rings (SSSR count). The van der Waals surface area contributed by atoms with Crippen LogP contribution < -0.4 is 16.0 Å². The number of rotatable bonds is 10. The van der Waals surface area contributed by atoms with Gasteiger partial charge in [-0.25, -0.2) is 0 Å². The van der Waals surface area contributed by atoms with Gasteiger partial charge in [0.25, 0.3) is 0 Å². The highest BCUT2D eigenvalue weighted by Crippen LogP contribution is 2.41. The first-order valence-corrected chi connectivity index (χ1v) is 16.2. The fraction of sp³-hybridized carbons (Fsp3) is 1.00. The molecule has 2 atom stereocenters. The van der Waals surface area contributed by atoms with Crippen molar-refractivity contribution in [2.75, 3.05) is 27.2 Å². The van der Waals surface area contributed by atoms with E-state index in [0.717, 1.165) is 13.1 Å². The molecule has 0 saturated carbocycles. The van der Waals surface area contributed by atoms with Gasteiger partial charge in [0.1, 0.15) is 12.6 Å². The number of unbranched alkanes of at least 4 members (excludes halogenated alkanes) is 2. The minimum atomic E-state index is 0.161. The van der Waals surface area contributed by atoms with E-state index in [2.05, 4.69) is 126 Å². The van der Waals surface area contributed by atoms with Crippen LogP contribution in [0.1, 0.15) is 128 Å². The number of hydrogen-bond donors (Lipinski definition) is 3. The van der Waals surface area contributed by atoms with Gasteiger partial charge in [0.05, 0.1) is 6.17 Å². The monoisotopic (exact) mass is 550 g/mol. The average Bonchev–Trinajstić information content (AvgIpc) is 2.80. The summed E-state index contributed by atoms with van der Waals surface area (Å²) in [4.78, 5) is 10.8. The minimum Gasteiger partial charge on any atom is -0.296 e. The van der Waals surface area contributed by atoms with Gasteiger partial charge in [-0.2, -0.15) is 0 Å². The number of piperidine rings is 2. The summed E-state index contributed by atoms with van der Waals surface area (Å²) in [7, 11) is 4.64. The van der Waals surface area contributed by atoms with E-state index in [9.17, 15) is 0 Å². The third-order valence-corrected chi connectivity index (χ3v) is 10.8. The van der Waals surface area contributed by atoms with Crippen molar-refractivity contribution in [2.24, 2.45) is 0 Å². The lowest BCUT2D eigenvalue weighted by Gasteiger charge is -2.59. The predicted molar refractivity (Wildman–Crippen MR) is 168 cm³/mol. The van der Waals surface area contributed by atoms with E-state index in [-0.39, 0.29) is 40.9 Å². The van der Waals surface area contributed by atoms with E-state index in [1.807, 2.05) is 0 Å². The Balaban J connectivity index is 1.89. The second kappa shape index (κ2) is 12.5. The molecule has 3 N–H and O–H groups in total. The Bertz CT molecular complexity index is 680. The molecule has 7 nitrogen and oxygen atoms in total. The molecule has 3 fully saturated rings. The maximum Gasteiger partial charge on any atom is 0.118 e. The molecule has 3 heterocycles. The quantitative estimate of drug-likeness (QED) is 0.347. The molecule has 7 heteroatoms. The number of nitrogens with one attached hydrogen (secondary N) is 3. The standard InChI is InChI=1S/C32H67N7/c1-14-16-18-38(25-20-29(4,5)36(12)30(6,7)21-25)27-33-24(3)34-28(35-27)39(19-17-15-2)26-22-31(8,9)37(13)32(10,11)23-26/h24-28,33-35H,14-23H2,1-13H3. The molecule has 0 spiro atoms. The highest BCUT2D eigenvalue weighted by Gasteiger charge is 2.49. The molecule has 0 bridgehead atoms. The highest BCUT2D eigenvalue weighted by molar-refractivity contribution is 5.04. The summed E-state index contributed by atoms with van der Waals surface area (Å²) in [6.45, 7) is 28.7. The molecule has 39 heavy (non-hydrogen) atoms. The van der Waals surface area contributed by atoms with E-state index in [1.54, 1.807) is 0 Å². The van der Waals surface area contributed by atoms with Crippen LogP contribution in [0, 0.1) is 0 Å². The third kappa shape index (κ3) is 7.57. The fourth-order valence-electron chi connectivity index (χ4n) is 7.98. The number of nitrogens with zero attached hydrogens (tertiary/aromatic N) is 4. The van der Waals surface area contributed by atoms with Gasteiger partial charge in [-0.05, 0) is 115 Å². The van der Waals surface area contributed by atoms with Crippen LogP contribution in [0.2, 0.25) is 0 Å². The summed E-state index contributed by atoms with van der Waals surface area (Å²) < 4.78 is 0. The van der Waals surface area contributed by atoms with Crippen LogP contribution in [0.15, 0.2) is 0 Å². The summed E-state index contributed by atoms with van der Waals surface area (Å²) >= 11 is 0. The lowest BCUT2D eigenvalue weighted by molar-refractivity contribution is -0.0992. The predicted octanol–water partition coefficient (Wildman–Crippen LogP) is 5.19. The molecule has 3 aliphatic heterocycles. The maximum atomic E-state index is 4.13. The normalized spacial score (nSPS) is 32.2. The van der Waals surface area contributed by atoms with Gasteiger partial charge in [0.15, 0.2) is 0 Å². The largest absolute Gasteiger partial charge is 0.296 e. The Kier molecular flexibility index (Phi) is 10.7. The van der Waals surface area contributed by atoms with E-state index in [0.29, 0.717) is 12.1 Å². The van der Waals surface area contributed by atoms with Crippen molar-refractivity contribution in [3.05, 3.63) is 0 Å². The van der Waals surface area contributed by atoms with Crippen molar-refractivity contribution >= 4 is 0 Å². The summed E-state index contributed by atoms with van der Waals surface area (Å²) in [5.41, 5.74) is 0.696. The van der Waals surface area contributed by atoms with Gasteiger partial charge >= 0.3 is 0 Å². The van der Waals surface area contributed by atoms with Crippen LogP contribution in [0.25, 0.3) is 0 Å². The molecule has 0 aromatic heterocycles. The van der Waals surface area contributed by atoms with Crippen LogP contribution in [0.4, 0.5) is 0 Å². The van der Waals surface area contributed by atoms with Gasteiger partial charge < -0.3 is 0 Å². The van der Waals surface area contributed by atoms with E-state index < -0.39 is 0 Å². The second-order valence-corrected chi connectivity index (χ2v) is 15.7. The summed E-state index contributed by atoms with van der Waals surface area (Å²) in [6, 6.07) is 1.08. The maximum absolute atomic E-state index is 4.13. The molecule has 0 aromatic rings. The van der Waals surface area contributed by atoms with Crippen LogP contribution >= 0.6 is 0 Å². The molecule has 230 valence electrons. The average molecular weight is 550 g/mol. The fourth-order valence-corrected chi connectivity index (χ4v) is 7.98. The van der Waals surface area contributed by atoms with Crippen molar-refractivity contribution < 1.29 is 0 Å². The van der Waals surface area contributed by atoms with Crippen molar-refractivity contribution in [3.63, 3.8) is 0 Å². The van der Waals surface area contributed by atoms with Gasteiger partial charge in [-0.15, -0.1) is 0 Å². The van der Waals surface area contributed by atoms with E-state index in [1.165, 1.54) is 51.4 Å². The lowest BCUT2D eigenvalue weighted by Crippen LogP contribution is -2.78. The Morgan fingerprint density at radius 2 is 0.897 bits per heavy atom. The van der Waals surface area contributed by atoms with Crippen LogP contribution in [-0.4, -0.2) is 99.8 Å². The van der Waals surface area contributed by atoms with Crippen LogP contribution in [0.5, 0.6) is 0 Å². The molecule has 0 radical (unpaired) electrons. The summed E-state index contributed by atoms with van der Waals surface area (Å²) in [5, 5.41) is 12.0. The molecular formula is C32H67N7. The zero-order valence-corrected chi connectivity index (χ0v) is 28.2. The van der Waals surface area contributed by atoms with Gasteiger partial charge in [-0.3, -0.25) is 35.6 Å². The first kappa shape index (κ1) is 33.2. The third-order valence-electron chi connectivity index (χ3n) is 10.8. The van der Waals surface area contributed by atoms with Crippen molar-refractivity contribution in [1.29, 1.82) is 0 Å². The van der Waals surface area contributed by atoms with Gasteiger partial charge in [0, 0.05) is 47.3 Å². The first-order valence-electron chi connectivity index (χ1n) is 16.2. The van der Waals surface area contributed by atoms with E-state index >= 15 is 0 Å². The molecule has 0 amide bonds. The molecule has 0 aromatic carbocycles. The Morgan fingerprint density at radius 3 is 1.18 bits per heavy atom. The summed E-state index contributed by atoms with van der Waals surface area (Å²) in [6.07, 6.45) is 10.3. The van der Waals surface area contributed by atoms with Crippen LogP contribution in [-0.2, 0) is 0 Å². The van der Waals surface area contributed by atoms with Crippen molar-refractivity contribution in [2.45, 2.75) is 181 Å². The zero-order valence-electron chi connectivity index (χ0n) is 28.2. The Morgan fingerprint density at radius 1 is 0.590 bits per heavy atom. The highest BCUT2D eigenvalue weighted by atomic mass is 15.6. The van der Waals surface area contributed by atoms with Crippen molar-refractivity contribution in [1.82, 2.24) is 35.6 Å². The second-order valence-electron chi connectivity index (χ2n) is 15.7. The number of likely N-dealkylation sites (tertiary alicyclic amines) is 2. The van der Waals surface area contributed by atoms with Gasteiger partial charge in [-0.1, -0.05) is 26.7 Å². The van der Waals surface area contributed by atoms with Crippen molar-refractivity contribution in [3.8, 4) is 0 Å². The Labute approximate surface area is 243 Å². The topological polar surface area (TPSA) is 49.1 Å². The molecule has 0 aliphatic carbocycles. The number of hydrogen-bond acceptors (Lipinski definition) is 7. The molecular weight excluding hydrogens is 482 g/mol. The molecule has 2 unspecified atom stereocenters. The Hall–Kier alpha value is -0.280. The molecule has 3 aliphatic rings. The van der Waals surface area contributed by atoms with Crippen LogP contribution in [0.3, 0.4) is 0 Å².